The molecule has 0 saturated heterocycles. The van der Waals surface area contributed by atoms with E-state index < -0.39 is 0 Å². The molecule has 116 valence electrons. The molecule has 0 N–H and O–H groups in total. The highest BCUT2D eigenvalue weighted by atomic mass is 32.1. The second kappa shape index (κ2) is 5.24. The second-order valence-electron chi connectivity index (χ2n) is 5.20. The molecule has 0 unspecified atom stereocenters. The second-order valence-corrected chi connectivity index (χ2v) is 6.16. The van der Waals surface area contributed by atoms with E-state index in [1.165, 1.54) is 23.5 Å². The van der Waals surface area contributed by atoms with Crippen molar-refractivity contribution in [3.63, 3.8) is 0 Å². The normalized spacial score (nSPS) is 11.4. The van der Waals surface area contributed by atoms with Gasteiger partial charge in [-0.2, -0.15) is 9.61 Å². The third-order valence-electron chi connectivity index (χ3n) is 3.66. The van der Waals surface area contributed by atoms with Gasteiger partial charge < -0.3 is 4.52 Å². The quantitative estimate of drug-likeness (QED) is 0.577. The summed E-state index contributed by atoms with van der Waals surface area (Å²) in [5.74, 6) is 1.23. The molecule has 0 radical (unpaired) electrons. The van der Waals surface area contributed by atoms with E-state index in [1.54, 1.807) is 16.6 Å². The van der Waals surface area contributed by atoms with E-state index in [0.29, 0.717) is 11.4 Å². The van der Waals surface area contributed by atoms with Crippen LogP contribution in [0, 0.1) is 19.7 Å². The van der Waals surface area contributed by atoms with Crippen LogP contribution in [0.4, 0.5) is 4.39 Å². The fourth-order valence-electron chi connectivity index (χ4n) is 2.39. The Kier molecular flexibility index (Phi) is 3.19. The predicted molar refractivity (Wildman–Crippen MR) is 82.8 cm³/mol. The summed E-state index contributed by atoms with van der Waals surface area (Å²) in [5, 5.41) is 17.6. The maximum absolute atomic E-state index is 13.0. The summed E-state index contributed by atoms with van der Waals surface area (Å²) in [6.45, 7) is 3.77. The van der Waals surface area contributed by atoms with Crippen molar-refractivity contribution in [1.82, 2.24) is 25.0 Å². The molecule has 0 saturated carbocycles. The minimum Gasteiger partial charge on any atom is -0.361 e. The van der Waals surface area contributed by atoms with Crippen molar-refractivity contribution in [2.45, 2.75) is 20.3 Å². The summed E-state index contributed by atoms with van der Waals surface area (Å²) in [5.41, 5.74) is 2.69. The topological polar surface area (TPSA) is 69.1 Å². The van der Waals surface area contributed by atoms with Crippen molar-refractivity contribution < 1.29 is 8.91 Å². The third-order valence-corrected chi connectivity index (χ3v) is 4.61. The van der Waals surface area contributed by atoms with Crippen LogP contribution >= 0.6 is 11.3 Å². The molecule has 23 heavy (non-hydrogen) atoms. The van der Waals surface area contributed by atoms with Gasteiger partial charge in [-0.3, -0.25) is 0 Å². The minimum absolute atomic E-state index is 0.268. The molecule has 4 rings (SSSR count). The van der Waals surface area contributed by atoms with Gasteiger partial charge >= 0.3 is 0 Å². The summed E-state index contributed by atoms with van der Waals surface area (Å²) in [4.78, 5) is 0.700. The van der Waals surface area contributed by atoms with Crippen molar-refractivity contribution in [1.29, 1.82) is 0 Å². The van der Waals surface area contributed by atoms with Crippen molar-refractivity contribution in [3.05, 3.63) is 52.9 Å². The summed E-state index contributed by atoms with van der Waals surface area (Å²) >= 11 is 1.41. The van der Waals surface area contributed by atoms with Gasteiger partial charge in [-0.15, -0.1) is 10.2 Å². The number of halogens is 1. The number of aryl methyl sites for hydroxylation is 2. The van der Waals surface area contributed by atoms with Gasteiger partial charge in [0, 0.05) is 17.5 Å². The average Bonchev–Trinajstić information content (AvgIpc) is 3.19. The monoisotopic (exact) mass is 329 g/mol. The number of aromatic nitrogens is 5. The van der Waals surface area contributed by atoms with Crippen LogP contribution in [0.15, 0.2) is 28.8 Å². The van der Waals surface area contributed by atoms with Crippen molar-refractivity contribution in [2.24, 2.45) is 0 Å². The molecular weight excluding hydrogens is 317 g/mol. The molecule has 0 bridgehead atoms. The lowest BCUT2D eigenvalue weighted by Gasteiger charge is -1.97. The summed E-state index contributed by atoms with van der Waals surface area (Å²) in [6, 6.07) is 6.25. The zero-order valence-electron chi connectivity index (χ0n) is 12.4. The summed E-state index contributed by atoms with van der Waals surface area (Å²) in [7, 11) is 0. The smallest absolute Gasteiger partial charge is 0.234 e. The van der Waals surface area contributed by atoms with Gasteiger partial charge in [-0.25, -0.2) is 4.39 Å². The molecule has 0 amide bonds. The first kappa shape index (κ1) is 14.0. The Hall–Kier alpha value is -2.61. The lowest BCUT2D eigenvalue weighted by Crippen LogP contribution is -1.99. The Morgan fingerprint density at radius 1 is 1.17 bits per heavy atom. The molecule has 3 heterocycles. The lowest BCUT2D eigenvalue weighted by molar-refractivity contribution is 0.392. The van der Waals surface area contributed by atoms with Crippen LogP contribution in [-0.4, -0.2) is 25.0 Å². The summed E-state index contributed by atoms with van der Waals surface area (Å²) < 4.78 is 19.9. The largest absolute Gasteiger partial charge is 0.361 e. The average molecular weight is 329 g/mol. The van der Waals surface area contributed by atoms with E-state index in [-0.39, 0.29) is 5.82 Å². The van der Waals surface area contributed by atoms with Crippen molar-refractivity contribution >= 4 is 16.3 Å². The highest BCUT2D eigenvalue weighted by molar-refractivity contribution is 7.19. The van der Waals surface area contributed by atoms with E-state index in [0.717, 1.165) is 33.4 Å². The molecule has 3 aromatic heterocycles. The van der Waals surface area contributed by atoms with E-state index in [1.807, 2.05) is 13.8 Å². The number of benzene rings is 1. The minimum atomic E-state index is -0.268. The number of nitrogens with zero attached hydrogens (tertiary/aromatic N) is 5. The highest BCUT2D eigenvalue weighted by Gasteiger charge is 2.17. The molecule has 0 aliphatic carbocycles. The Morgan fingerprint density at radius 3 is 2.65 bits per heavy atom. The van der Waals surface area contributed by atoms with Gasteiger partial charge in [-0.05, 0) is 38.1 Å². The fourth-order valence-corrected chi connectivity index (χ4v) is 3.25. The SMILES string of the molecule is Cc1noc(C)c1Cc1nnc2sc(-c3ccc(F)cc3)nn12. The Balaban J connectivity index is 1.73. The van der Waals surface area contributed by atoms with Crippen LogP contribution in [0.2, 0.25) is 0 Å². The number of fused-ring (bicyclic) bond motifs is 1. The van der Waals surface area contributed by atoms with E-state index in [2.05, 4.69) is 20.5 Å². The molecule has 0 aliphatic rings. The molecule has 4 aromatic rings. The molecule has 8 heteroatoms. The van der Waals surface area contributed by atoms with Gasteiger partial charge in [0.25, 0.3) is 0 Å². The van der Waals surface area contributed by atoms with Crippen LogP contribution < -0.4 is 0 Å². The van der Waals surface area contributed by atoms with Crippen LogP contribution in [0.25, 0.3) is 15.5 Å². The van der Waals surface area contributed by atoms with E-state index in [4.69, 9.17) is 4.52 Å². The molecule has 6 nitrogen and oxygen atoms in total. The van der Waals surface area contributed by atoms with Gasteiger partial charge in [0.2, 0.25) is 4.96 Å². The molecule has 0 spiro atoms. The first-order valence-electron chi connectivity index (χ1n) is 7.00. The zero-order valence-corrected chi connectivity index (χ0v) is 13.3. The molecular formula is C15H12FN5OS. The number of hydrogen-bond donors (Lipinski definition) is 0. The van der Waals surface area contributed by atoms with Gasteiger partial charge in [0.15, 0.2) is 5.82 Å². The van der Waals surface area contributed by atoms with Crippen LogP contribution in [0.1, 0.15) is 22.8 Å². The van der Waals surface area contributed by atoms with Crippen LogP contribution in [-0.2, 0) is 6.42 Å². The molecule has 0 atom stereocenters. The van der Waals surface area contributed by atoms with Crippen LogP contribution in [0.5, 0.6) is 0 Å². The van der Waals surface area contributed by atoms with E-state index in [9.17, 15) is 4.39 Å². The third kappa shape index (κ3) is 2.40. The number of hydrogen-bond acceptors (Lipinski definition) is 6. The maximum atomic E-state index is 13.0. The van der Waals surface area contributed by atoms with Gasteiger partial charge in [0.1, 0.15) is 16.6 Å². The first-order chi connectivity index (χ1) is 11.1. The van der Waals surface area contributed by atoms with E-state index >= 15 is 0 Å². The number of rotatable bonds is 3. The zero-order chi connectivity index (χ0) is 16.0. The molecule has 1 aromatic carbocycles. The fraction of sp³-hybridized carbons (Fsp3) is 0.200. The maximum Gasteiger partial charge on any atom is 0.234 e. The van der Waals surface area contributed by atoms with Gasteiger partial charge in [-0.1, -0.05) is 16.5 Å². The van der Waals surface area contributed by atoms with Gasteiger partial charge in [0.05, 0.1) is 5.69 Å². The van der Waals surface area contributed by atoms with Crippen LogP contribution in [0.3, 0.4) is 0 Å². The predicted octanol–water partition coefficient (Wildman–Crippen LogP) is 3.19. The molecule has 0 fully saturated rings. The van der Waals surface area contributed by atoms with Crippen molar-refractivity contribution in [3.8, 4) is 10.6 Å². The lowest BCUT2D eigenvalue weighted by atomic mass is 10.1. The molecule has 0 aliphatic heterocycles. The standard InChI is InChI=1S/C15H12FN5OS/c1-8-12(9(2)22-20-8)7-13-17-18-15-21(13)19-14(23-15)10-3-5-11(16)6-4-10/h3-6H,7H2,1-2H3. The Labute approximate surface area is 134 Å². The first-order valence-corrected chi connectivity index (χ1v) is 7.82. The Morgan fingerprint density at radius 2 is 1.96 bits per heavy atom. The Bertz CT molecular complexity index is 966. The highest BCUT2D eigenvalue weighted by Crippen LogP contribution is 2.26. The van der Waals surface area contributed by atoms with Crippen molar-refractivity contribution in [2.75, 3.05) is 0 Å². The summed E-state index contributed by atoms with van der Waals surface area (Å²) in [6.07, 6.45) is 0.551.